The van der Waals surface area contributed by atoms with Crippen LogP contribution in [0.15, 0.2) is 30.3 Å². The number of aryl methyl sites for hydroxylation is 2. The number of hydrogen-bond acceptors (Lipinski definition) is 3. The van der Waals surface area contributed by atoms with Crippen molar-refractivity contribution in [2.24, 2.45) is 0 Å². The molecule has 0 aliphatic rings. The summed E-state index contributed by atoms with van der Waals surface area (Å²) < 4.78 is 0. The molecule has 4 heteroatoms. The van der Waals surface area contributed by atoms with Gasteiger partial charge in [0.15, 0.2) is 0 Å². The molecule has 1 aromatic heterocycles. The van der Waals surface area contributed by atoms with Crippen molar-refractivity contribution in [3.63, 3.8) is 0 Å². The lowest BCUT2D eigenvalue weighted by Crippen LogP contribution is -2.10. The maximum absolute atomic E-state index is 12.3. The molecule has 1 N–H and O–H groups in total. The van der Waals surface area contributed by atoms with Crippen LogP contribution in [0.2, 0.25) is 0 Å². The van der Waals surface area contributed by atoms with Gasteiger partial charge < -0.3 is 5.32 Å². The average molecular weight is 298 g/mol. The molecule has 0 aliphatic carbocycles. The summed E-state index contributed by atoms with van der Waals surface area (Å²) in [6.07, 6.45) is 3.05. The molecule has 1 aromatic carbocycles. The van der Waals surface area contributed by atoms with Gasteiger partial charge in [0, 0.05) is 10.6 Å². The van der Waals surface area contributed by atoms with E-state index in [1.165, 1.54) is 10.4 Å². The summed E-state index contributed by atoms with van der Waals surface area (Å²) in [4.78, 5) is 14.4. The van der Waals surface area contributed by atoms with Crippen molar-refractivity contribution in [2.75, 3.05) is 5.32 Å². The first-order valence-electron chi connectivity index (χ1n) is 7.11. The topological polar surface area (TPSA) is 52.9 Å². The highest BCUT2D eigenvalue weighted by Gasteiger charge is 2.13. The van der Waals surface area contributed by atoms with E-state index in [0.717, 1.165) is 24.1 Å². The molecule has 0 saturated carbocycles. The van der Waals surface area contributed by atoms with E-state index < -0.39 is 0 Å². The first-order valence-corrected chi connectivity index (χ1v) is 7.92. The Kier molecular flexibility index (Phi) is 5.13. The third kappa shape index (κ3) is 3.71. The van der Waals surface area contributed by atoms with Crippen molar-refractivity contribution in [1.82, 2.24) is 0 Å². The van der Waals surface area contributed by atoms with Crippen molar-refractivity contribution >= 4 is 22.9 Å². The molecule has 0 fully saturated rings. The molecule has 0 spiro atoms. The third-order valence-corrected chi connectivity index (χ3v) is 4.46. The van der Waals surface area contributed by atoms with Crippen molar-refractivity contribution in [3.05, 3.63) is 51.2 Å². The van der Waals surface area contributed by atoms with Crippen molar-refractivity contribution in [3.8, 4) is 6.07 Å². The second kappa shape index (κ2) is 7.05. The predicted molar refractivity (Wildman–Crippen MR) is 86.8 cm³/mol. The summed E-state index contributed by atoms with van der Waals surface area (Å²) in [5, 5.41) is 11.7. The summed E-state index contributed by atoms with van der Waals surface area (Å²) in [5.74, 6) is -0.104. The summed E-state index contributed by atoms with van der Waals surface area (Å²) >= 11 is 1.57. The number of nitriles is 1. The van der Waals surface area contributed by atoms with E-state index >= 15 is 0 Å². The van der Waals surface area contributed by atoms with Gasteiger partial charge in [-0.05, 0) is 42.7 Å². The van der Waals surface area contributed by atoms with Crippen LogP contribution in [-0.2, 0) is 12.8 Å². The van der Waals surface area contributed by atoms with Crippen LogP contribution in [0.5, 0.6) is 0 Å². The molecule has 2 rings (SSSR count). The first kappa shape index (κ1) is 15.3. The van der Waals surface area contributed by atoms with Crippen LogP contribution < -0.4 is 5.32 Å². The number of anilines is 1. The minimum atomic E-state index is -0.104. The second-order valence-corrected chi connectivity index (χ2v) is 5.95. The molecule has 0 aliphatic heterocycles. The van der Waals surface area contributed by atoms with Crippen LogP contribution in [0, 0.1) is 11.3 Å². The van der Waals surface area contributed by atoms with Gasteiger partial charge in [0.25, 0.3) is 5.91 Å². The van der Waals surface area contributed by atoms with E-state index in [4.69, 9.17) is 5.26 Å². The van der Waals surface area contributed by atoms with Gasteiger partial charge in [0.05, 0.1) is 16.5 Å². The number of hydrogen-bond donors (Lipinski definition) is 1. The van der Waals surface area contributed by atoms with Crippen molar-refractivity contribution < 1.29 is 4.79 Å². The Balaban J connectivity index is 2.18. The van der Waals surface area contributed by atoms with Gasteiger partial charge >= 0.3 is 0 Å². The predicted octanol–water partition coefficient (Wildman–Crippen LogP) is 4.39. The zero-order chi connectivity index (χ0) is 15.2. The Morgan fingerprint density at radius 2 is 2.14 bits per heavy atom. The Morgan fingerprint density at radius 3 is 2.81 bits per heavy atom. The summed E-state index contributed by atoms with van der Waals surface area (Å²) in [6.45, 7) is 4.26. The standard InChI is InChI=1S/C17H18N2OS/c1-3-6-15-13(4-2)10-16(21-15)17(20)19-14-8-5-7-12(9-14)11-18/h5,7-10H,3-4,6H2,1-2H3,(H,19,20). The van der Waals surface area contributed by atoms with Crippen molar-refractivity contribution in [1.29, 1.82) is 5.26 Å². The number of nitrogens with zero attached hydrogens (tertiary/aromatic N) is 1. The highest BCUT2D eigenvalue weighted by Crippen LogP contribution is 2.25. The normalized spacial score (nSPS) is 10.1. The molecule has 3 nitrogen and oxygen atoms in total. The van der Waals surface area contributed by atoms with Crippen LogP contribution >= 0.6 is 11.3 Å². The number of benzene rings is 1. The fourth-order valence-electron chi connectivity index (χ4n) is 2.18. The summed E-state index contributed by atoms with van der Waals surface area (Å²) in [6, 6.07) is 11.0. The van der Waals surface area contributed by atoms with Crippen LogP contribution in [-0.4, -0.2) is 5.91 Å². The minimum Gasteiger partial charge on any atom is -0.321 e. The molecule has 0 radical (unpaired) electrons. The van der Waals surface area contributed by atoms with E-state index in [1.54, 1.807) is 35.6 Å². The SMILES string of the molecule is CCCc1sc(C(=O)Nc2cccc(C#N)c2)cc1CC. The Labute approximate surface area is 129 Å². The number of rotatable bonds is 5. The molecule has 0 atom stereocenters. The molecule has 2 aromatic rings. The quantitative estimate of drug-likeness (QED) is 0.890. The third-order valence-electron chi connectivity index (χ3n) is 3.23. The van der Waals surface area contributed by atoms with Gasteiger partial charge in [-0.15, -0.1) is 11.3 Å². The molecule has 0 unspecified atom stereocenters. The van der Waals surface area contributed by atoms with Gasteiger partial charge in [-0.1, -0.05) is 26.3 Å². The molecule has 0 bridgehead atoms. The monoisotopic (exact) mass is 298 g/mol. The van der Waals surface area contributed by atoms with E-state index in [9.17, 15) is 4.79 Å². The fourth-order valence-corrected chi connectivity index (χ4v) is 3.43. The van der Waals surface area contributed by atoms with E-state index in [2.05, 4.69) is 25.2 Å². The largest absolute Gasteiger partial charge is 0.321 e. The lowest BCUT2D eigenvalue weighted by Gasteiger charge is -2.03. The van der Waals surface area contributed by atoms with Crippen LogP contribution in [0.25, 0.3) is 0 Å². The number of thiophene rings is 1. The Hall–Kier alpha value is -2.12. The van der Waals surface area contributed by atoms with Gasteiger partial charge in [0.2, 0.25) is 0 Å². The molecular weight excluding hydrogens is 280 g/mol. The van der Waals surface area contributed by atoms with Gasteiger partial charge in [-0.2, -0.15) is 5.26 Å². The van der Waals surface area contributed by atoms with Gasteiger partial charge in [-0.3, -0.25) is 4.79 Å². The first-order chi connectivity index (χ1) is 10.2. The smallest absolute Gasteiger partial charge is 0.265 e. The lowest BCUT2D eigenvalue weighted by molar-refractivity contribution is 0.103. The summed E-state index contributed by atoms with van der Waals surface area (Å²) in [5.41, 5.74) is 2.46. The van der Waals surface area contributed by atoms with Crippen LogP contribution in [0.4, 0.5) is 5.69 Å². The second-order valence-electron chi connectivity index (χ2n) is 4.81. The molecule has 0 saturated heterocycles. The Bertz CT molecular complexity index is 682. The van der Waals surface area contributed by atoms with Gasteiger partial charge in [-0.25, -0.2) is 0 Å². The number of nitrogens with one attached hydrogen (secondary N) is 1. The highest BCUT2D eigenvalue weighted by atomic mass is 32.1. The van der Waals surface area contributed by atoms with Crippen LogP contribution in [0.3, 0.4) is 0 Å². The zero-order valence-electron chi connectivity index (χ0n) is 12.3. The molecular formula is C17H18N2OS. The fraction of sp³-hybridized carbons (Fsp3) is 0.294. The molecule has 21 heavy (non-hydrogen) atoms. The molecule has 1 heterocycles. The maximum Gasteiger partial charge on any atom is 0.265 e. The van der Waals surface area contributed by atoms with E-state index in [1.807, 2.05) is 6.07 Å². The molecule has 108 valence electrons. The van der Waals surface area contributed by atoms with Crippen molar-refractivity contribution in [2.45, 2.75) is 33.1 Å². The molecule has 1 amide bonds. The highest BCUT2D eigenvalue weighted by molar-refractivity contribution is 7.14. The number of carbonyl (C=O) groups excluding carboxylic acids is 1. The minimum absolute atomic E-state index is 0.104. The maximum atomic E-state index is 12.3. The number of carbonyl (C=O) groups is 1. The zero-order valence-corrected chi connectivity index (χ0v) is 13.1. The van der Waals surface area contributed by atoms with Gasteiger partial charge in [0.1, 0.15) is 0 Å². The lowest BCUT2D eigenvalue weighted by atomic mass is 10.1. The Morgan fingerprint density at radius 1 is 1.33 bits per heavy atom. The van der Waals surface area contributed by atoms with E-state index in [-0.39, 0.29) is 5.91 Å². The summed E-state index contributed by atoms with van der Waals surface area (Å²) in [7, 11) is 0. The average Bonchev–Trinajstić information content (AvgIpc) is 2.91. The number of amides is 1. The van der Waals surface area contributed by atoms with Crippen LogP contribution in [0.1, 0.15) is 45.9 Å². The van der Waals surface area contributed by atoms with E-state index in [0.29, 0.717) is 11.3 Å².